The normalized spacial score (nSPS) is 18.2. The molecule has 0 unspecified atom stereocenters. The van der Waals surface area contributed by atoms with Crippen molar-refractivity contribution in [2.24, 2.45) is 5.92 Å². The number of hydrogen-bond donors (Lipinski definition) is 2. The van der Waals surface area contributed by atoms with E-state index in [0.717, 1.165) is 32.8 Å². The number of nitrogens with zero attached hydrogens (tertiary/aromatic N) is 3. The molecule has 0 radical (unpaired) electrons. The van der Waals surface area contributed by atoms with Crippen LogP contribution in [0.3, 0.4) is 0 Å². The summed E-state index contributed by atoms with van der Waals surface area (Å²) in [6.45, 7) is 8.79. The first kappa shape index (κ1) is 15.3. The van der Waals surface area contributed by atoms with Gasteiger partial charge in [0, 0.05) is 31.7 Å². The minimum atomic E-state index is 0.187. The van der Waals surface area contributed by atoms with Crippen LogP contribution in [0.5, 0.6) is 0 Å². The quantitative estimate of drug-likeness (QED) is 0.802. The number of nitrogens with two attached hydrogens (primary N) is 1. The topological polar surface area (TPSA) is 76.3 Å². The molecule has 0 amide bonds. The molecule has 1 atom stereocenters. The molecule has 2 rings (SSSR count). The van der Waals surface area contributed by atoms with Gasteiger partial charge in [0.15, 0.2) is 0 Å². The van der Waals surface area contributed by atoms with Gasteiger partial charge in [0.25, 0.3) is 0 Å². The van der Waals surface area contributed by atoms with E-state index in [0.29, 0.717) is 22.9 Å². The Morgan fingerprint density at radius 2 is 2.10 bits per heavy atom. The molecule has 1 aromatic rings. The number of nitrogens with one attached hydrogen (secondary N) is 1. The van der Waals surface area contributed by atoms with Crippen LogP contribution < -0.4 is 11.1 Å². The largest absolute Gasteiger partial charge is 0.379 e. The van der Waals surface area contributed by atoms with Crippen molar-refractivity contribution in [2.45, 2.75) is 19.9 Å². The molecule has 20 heavy (non-hydrogen) atoms. The summed E-state index contributed by atoms with van der Waals surface area (Å²) >= 11 is 5.88. The van der Waals surface area contributed by atoms with Crippen LogP contribution in [0.2, 0.25) is 5.15 Å². The summed E-state index contributed by atoms with van der Waals surface area (Å²) in [4.78, 5) is 10.4. The van der Waals surface area contributed by atoms with E-state index >= 15 is 0 Å². The Labute approximate surface area is 124 Å². The van der Waals surface area contributed by atoms with Crippen LogP contribution in [0.4, 0.5) is 11.8 Å². The summed E-state index contributed by atoms with van der Waals surface area (Å²) in [7, 11) is 0. The minimum absolute atomic E-state index is 0.187. The third-order valence-electron chi connectivity index (χ3n) is 3.49. The van der Waals surface area contributed by atoms with Crippen molar-refractivity contribution in [3.8, 4) is 0 Å². The Morgan fingerprint density at radius 3 is 2.70 bits per heavy atom. The predicted octanol–water partition coefficient (Wildman–Crippen LogP) is 1.48. The van der Waals surface area contributed by atoms with Gasteiger partial charge in [-0.1, -0.05) is 25.4 Å². The number of halogens is 1. The van der Waals surface area contributed by atoms with Crippen LogP contribution in [-0.4, -0.2) is 53.8 Å². The molecule has 1 aliphatic heterocycles. The molecule has 0 saturated carbocycles. The first-order valence-corrected chi connectivity index (χ1v) is 7.30. The second kappa shape index (κ2) is 7.06. The van der Waals surface area contributed by atoms with E-state index in [2.05, 4.69) is 34.0 Å². The average molecular weight is 300 g/mol. The van der Waals surface area contributed by atoms with Gasteiger partial charge in [-0.15, -0.1) is 0 Å². The second-order valence-corrected chi connectivity index (χ2v) is 5.66. The third-order valence-corrected chi connectivity index (χ3v) is 3.68. The lowest BCUT2D eigenvalue weighted by molar-refractivity contribution is 0.00953. The highest BCUT2D eigenvalue weighted by atomic mass is 35.5. The van der Waals surface area contributed by atoms with Gasteiger partial charge in [-0.05, 0) is 5.92 Å². The second-order valence-electron chi connectivity index (χ2n) is 5.27. The molecule has 1 fully saturated rings. The van der Waals surface area contributed by atoms with Crippen LogP contribution >= 0.6 is 11.6 Å². The Hall–Kier alpha value is -1.11. The lowest BCUT2D eigenvalue weighted by Gasteiger charge is -2.37. The molecule has 6 nitrogen and oxygen atoms in total. The molecule has 2 heterocycles. The fraction of sp³-hybridized carbons (Fsp3) is 0.692. The lowest BCUT2D eigenvalue weighted by atomic mass is 10.0. The predicted molar refractivity (Wildman–Crippen MR) is 81.0 cm³/mol. The van der Waals surface area contributed by atoms with Gasteiger partial charge >= 0.3 is 0 Å². The van der Waals surface area contributed by atoms with E-state index in [9.17, 15) is 0 Å². The molecule has 0 spiro atoms. The first-order chi connectivity index (χ1) is 9.56. The molecule has 1 aliphatic rings. The van der Waals surface area contributed by atoms with Crippen LogP contribution in [-0.2, 0) is 4.74 Å². The van der Waals surface area contributed by atoms with E-state index < -0.39 is 0 Å². The monoisotopic (exact) mass is 299 g/mol. The Balaban J connectivity index is 1.97. The zero-order chi connectivity index (χ0) is 14.5. The van der Waals surface area contributed by atoms with E-state index in [1.54, 1.807) is 6.07 Å². The van der Waals surface area contributed by atoms with Gasteiger partial charge < -0.3 is 15.8 Å². The van der Waals surface area contributed by atoms with Gasteiger partial charge in [-0.25, -0.2) is 4.98 Å². The van der Waals surface area contributed by atoms with Crippen LogP contribution in [0, 0.1) is 5.92 Å². The number of anilines is 2. The number of hydrogen-bond acceptors (Lipinski definition) is 6. The maximum atomic E-state index is 5.88. The van der Waals surface area contributed by atoms with E-state index in [4.69, 9.17) is 22.1 Å². The molecule has 3 N–H and O–H groups in total. The number of morpholine rings is 1. The molecular formula is C13H22ClN5O. The fourth-order valence-corrected chi connectivity index (χ4v) is 2.62. The highest BCUT2D eigenvalue weighted by Gasteiger charge is 2.23. The molecule has 7 heteroatoms. The molecule has 0 aromatic carbocycles. The zero-order valence-electron chi connectivity index (χ0n) is 12.0. The lowest BCUT2D eigenvalue weighted by Crippen LogP contribution is -2.49. The molecule has 1 saturated heterocycles. The summed E-state index contributed by atoms with van der Waals surface area (Å²) < 4.78 is 5.41. The average Bonchev–Trinajstić information content (AvgIpc) is 2.38. The first-order valence-electron chi connectivity index (χ1n) is 6.92. The molecule has 112 valence electrons. The van der Waals surface area contributed by atoms with Crippen molar-refractivity contribution < 1.29 is 4.74 Å². The molecular weight excluding hydrogens is 278 g/mol. The van der Waals surface area contributed by atoms with Crippen molar-refractivity contribution in [3.63, 3.8) is 0 Å². The summed E-state index contributed by atoms with van der Waals surface area (Å²) in [5.41, 5.74) is 5.59. The van der Waals surface area contributed by atoms with Crippen molar-refractivity contribution >= 4 is 23.4 Å². The molecule has 0 aliphatic carbocycles. The number of rotatable bonds is 5. The Bertz CT molecular complexity index is 417. The van der Waals surface area contributed by atoms with Crippen molar-refractivity contribution in [1.82, 2.24) is 14.9 Å². The maximum Gasteiger partial charge on any atom is 0.223 e. The SMILES string of the molecule is CC(C)[C@@H](CNc1cc(Cl)nc(N)n1)N1CCOCC1. The maximum absolute atomic E-state index is 5.88. The fourth-order valence-electron chi connectivity index (χ4n) is 2.43. The highest BCUT2D eigenvalue weighted by Crippen LogP contribution is 2.16. The number of ether oxygens (including phenoxy) is 1. The smallest absolute Gasteiger partial charge is 0.223 e. The molecule has 1 aromatic heterocycles. The van der Waals surface area contributed by atoms with Crippen LogP contribution in [0.25, 0.3) is 0 Å². The van der Waals surface area contributed by atoms with Gasteiger partial charge in [0.05, 0.1) is 13.2 Å². The van der Waals surface area contributed by atoms with Crippen molar-refractivity contribution in [1.29, 1.82) is 0 Å². The summed E-state index contributed by atoms with van der Waals surface area (Å²) in [6, 6.07) is 2.11. The van der Waals surface area contributed by atoms with E-state index in [1.807, 2.05) is 0 Å². The van der Waals surface area contributed by atoms with E-state index in [-0.39, 0.29) is 5.95 Å². The Morgan fingerprint density at radius 1 is 1.40 bits per heavy atom. The summed E-state index contributed by atoms with van der Waals surface area (Å²) in [5.74, 6) is 1.39. The van der Waals surface area contributed by atoms with Crippen molar-refractivity contribution in [3.05, 3.63) is 11.2 Å². The minimum Gasteiger partial charge on any atom is -0.379 e. The van der Waals surface area contributed by atoms with Crippen LogP contribution in [0.15, 0.2) is 6.07 Å². The summed E-state index contributed by atoms with van der Waals surface area (Å²) in [6.07, 6.45) is 0. The van der Waals surface area contributed by atoms with Gasteiger partial charge in [-0.3, -0.25) is 4.90 Å². The zero-order valence-corrected chi connectivity index (χ0v) is 12.7. The summed E-state index contributed by atoms with van der Waals surface area (Å²) in [5, 5.41) is 3.66. The third kappa shape index (κ3) is 4.19. The number of aromatic nitrogens is 2. The highest BCUT2D eigenvalue weighted by molar-refractivity contribution is 6.29. The number of nitrogen functional groups attached to an aromatic ring is 1. The van der Waals surface area contributed by atoms with Crippen molar-refractivity contribution in [2.75, 3.05) is 43.9 Å². The Kier molecular flexibility index (Phi) is 5.39. The standard InChI is InChI=1S/C13H22ClN5O/c1-9(2)10(19-3-5-20-6-4-19)8-16-12-7-11(14)17-13(15)18-12/h7,9-10H,3-6,8H2,1-2H3,(H3,15,16,17,18)/t10-/m1/s1. The van der Waals surface area contributed by atoms with Gasteiger partial charge in [0.2, 0.25) is 5.95 Å². The van der Waals surface area contributed by atoms with E-state index in [1.165, 1.54) is 0 Å². The van der Waals surface area contributed by atoms with Crippen LogP contribution in [0.1, 0.15) is 13.8 Å². The van der Waals surface area contributed by atoms with Gasteiger partial charge in [-0.2, -0.15) is 4.98 Å². The van der Waals surface area contributed by atoms with Gasteiger partial charge in [0.1, 0.15) is 11.0 Å². The molecule has 0 bridgehead atoms.